The lowest BCUT2D eigenvalue weighted by atomic mass is 10.1. The molecule has 1 aromatic heterocycles. The molecule has 0 aromatic carbocycles. The van der Waals surface area contributed by atoms with Gasteiger partial charge in [-0.3, -0.25) is 4.79 Å². The van der Waals surface area contributed by atoms with E-state index in [1.165, 1.54) is 30.6 Å². The van der Waals surface area contributed by atoms with Gasteiger partial charge in [-0.05, 0) is 32.1 Å². The molecule has 0 saturated carbocycles. The summed E-state index contributed by atoms with van der Waals surface area (Å²) in [5.41, 5.74) is 5.94. The van der Waals surface area contributed by atoms with Gasteiger partial charge in [-0.1, -0.05) is 11.3 Å². The normalized spacial score (nSPS) is 20.0. The van der Waals surface area contributed by atoms with Gasteiger partial charge < -0.3 is 15.5 Å². The number of carbonyl (C=O) groups excluding carboxylic acids is 1. The van der Waals surface area contributed by atoms with Gasteiger partial charge in [0.2, 0.25) is 0 Å². The second kappa shape index (κ2) is 5.36. The van der Waals surface area contributed by atoms with Gasteiger partial charge in [0, 0.05) is 26.2 Å². The fourth-order valence-electron chi connectivity index (χ4n) is 2.76. The van der Waals surface area contributed by atoms with Gasteiger partial charge in [0.1, 0.15) is 10.7 Å². The van der Waals surface area contributed by atoms with E-state index in [4.69, 9.17) is 5.73 Å². The molecule has 0 atom stereocenters. The SMILES string of the molecule is Nc1nc(N2CCCCC2)sc1C(=O)N1CCCC1. The van der Waals surface area contributed by atoms with Crippen LogP contribution < -0.4 is 10.6 Å². The van der Waals surface area contributed by atoms with Crippen molar-refractivity contribution < 1.29 is 4.79 Å². The van der Waals surface area contributed by atoms with Crippen LogP contribution in [-0.2, 0) is 0 Å². The molecule has 19 heavy (non-hydrogen) atoms. The van der Waals surface area contributed by atoms with Crippen LogP contribution in [0.3, 0.4) is 0 Å². The van der Waals surface area contributed by atoms with Crippen LogP contribution in [0, 0.1) is 0 Å². The number of hydrogen-bond acceptors (Lipinski definition) is 5. The summed E-state index contributed by atoms with van der Waals surface area (Å²) < 4.78 is 0. The monoisotopic (exact) mass is 280 g/mol. The van der Waals surface area contributed by atoms with Gasteiger partial charge in [-0.2, -0.15) is 0 Å². The lowest BCUT2D eigenvalue weighted by Crippen LogP contribution is -2.29. The maximum absolute atomic E-state index is 12.4. The highest BCUT2D eigenvalue weighted by atomic mass is 32.1. The molecule has 1 amide bonds. The molecule has 3 heterocycles. The second-order valence-electron chi connectivity index (χ2n) is 5.26. The minimum atomic E-state index is 0.0655. The van der Waals surface area contributed by atoms with E-state index in [0.29, 0.717) is 10.7 Å². The van der Waals surface area contributed by atoms with E-state index < -0.39 is 0 Å². The fourth-order valence-corrected chi connectivity index (χ4v) is 3.76. The molecular weight excluding hydrogens is 260 g/mol. The predicted molar refractivity (Wildman–Crippen MR) is 77.7 cm³/mol. The third-order valence-corrected chi connectivity index (χ3v) is 4.98. The summed E-state index contributed by atoms with van der Waals surface area (Å²) in [7, 11) is 0. The Balaban J connectivity index is 1.78. The third-order valence-electron chi connectivity index (χ3n) is 3.86. The van der Waals surface area contributed by atoms with Gasteiger partial charge in [-0.15, -0.1) is 0 Å². The van der Waals surface area contributed by atoms with Crippen LogP contribution >= 0.6 is 11.3 Å². The average Bonchev–Trinajstić information content (AvgIpc) is 3.08. The number of hydrogen-bond donors (Lipinski definition) is 1. The first-order chi connectivity index (χ1) is 9.25. The Kier molecular flexibility index (Phi) is 3.59. The number of rotatable bonds is 2. The molecule has 3 rings (SSSR count). The summed E-state index contributed by atoms with van der Waals surface area (Å²) in [6, 6.07) is 0. The van der Waals surface area contributed by atoms with E-state index in [1.54, 1.807) is 0 Å². The summed E-state index contributed by atoms with van der Waals surface area (Å²) in [6.07, 6.45) is 5.90. The van der Waals surface area contributed by atoms with E-state index in [9.17, 15) is 4.79 Å². The molecule has 2 aliphatic heterocycles. The largest absolute Gasteiger partial charge is 0.382 e. The molecular formula is C13H20N4OS. The summed E-state index contributed by atoms with van der Waals surface area (Å²) in [6.45, 7) is 3.78. The number of piperidine rings is 1. The summed E-state index contributed by atoms with van der Waals surface area (Å²) >= 11 is 1.46. The fraction of sp³-hybridized carbons (Fsp3) is 0.692. The highest BCUT2D eigenvalue weighted by molar-refractivity contribution is 7.18. The standard InChI is InChI=1S/C13H20N4OS/c14-11-10(12(18)16-6-4-5-7-16)19-13(15-11)17-8-2-1-3-9-17/h1-9,14H2. The highest BCUT2D eigenvalue weighted by Crippen LogP contribution is 2.31. The molecule has 5 nitrogen and oxygen atoms in total. The average molecular weight is 280 g/mol. The van der Waals surface area contributed by atoms with Crippen molar-refractivity contribution in [3.8, 4) is 0 Å². The van der Waals surface area contributed by atoms with Crippen molar-refractivity contribution in [2.24, 2.45) is 0 Å². The molecule has 0 unspecified atom stereocenters. The quantitative estimate of drug-likeness (QED) is 0.899. The number of anilines is 2. The lowest BCUT2D eigenvalue weighted by molar-refractivity contribution is 0.0798. The van der Waals surface area contributed by atoms with E-state index >= 15 is 0 Å². The number of nitrogens with two attached hydrogens (primary N) is 1. The smallest absolute Gasteiger partial charge is 0.267 e. The molecule has 0 radical (unpaired) electrons. The van der Waals surface area contributed by atoms with Crippen molar-refractivity contribution in [2.75, 3.05) is 36.8 Å². The Labute approximate surface area is 117 Å². The van der Waals surface area contributed by atoms with E-state index in [2.05, 4.69) is 9.88 Å². The number of aromatic nitrogens is 1. The molecule has 2 saturated heterocycles. The summed E-state index contributed by atoms with van der Waals surface area (Å²) in [4.78, 5) is 21.5. The first kappa shape index (κ1) is 12.7. The maximum atomic E-state index is 12.4. The zero-order valence-corrected chi connectivity index (χ0v) is 11.9. The van der Waals surface area contributed by atoms with Crippen molar-refractivity contribution in [1.82, 2.24) is 9.88 Å². The minimum Gasteiger partial charge on any atom is -0.382 e. The summed E-state index contributed by atoms with van der Waals surface area (Å²) in [5, 5.41) is 0.916. The van der Waals surface area contributed by atoms with Crippen molar-refractivity contribution >= 4 is 28.2 Å². The van der Waals surface area contributed by atoms with Crippen molar-refractivity contribution in [1.29, 1.82) is 0 Å². The number of nitrogens with zero attached hydrogens (tertiary/aromatic N) is 3. The Morgan fingerprint density at radius 2 is 1.68 bits per heavy atom. The highest BCUT2D eigenvalue weighted by Gasteiger charge is 2.26. The van der Waals surface area contributed by atoms with Crippen molar-refractivity contribution in [2.45, 2.75) is 32.1 Å². The number of thiazole rings is 1. The van der Waals surface area contributed by atoms with Gasteiger partial charge in [0.15, 0.2) is 5.13 Å². The minimum absolute atomic E-state index is 0.0655. The van der Waals surface area contributed by atoms with Crippen LogP contribution in [0.25, 0.3) is 0 Å². The van der Waals surface area contributed by atoms with Crippen molar-refractivity contribution in [3.63, 3.8) is 0 Å². The van der Waals surface area contributed by atoms with Crippen LogP contribution in [0.1, 0.15) is 41.8 Å². The molecule has 1 aromatic rings. The van der Waals surface area contributed by atoms with Gasteiger partial charge in [0.25, 0.3) is 5.91 Å². The topological polar surface area (TPSA) is 62.5 Å². The molecule has 2 aliphatic rings. The van der Waals surface area contributed by atoms with E-state index in [1.807, 2.05) is 4.90 Å². The first-order valence-corrected chi connectivity index (χ1v) is 7.88. The number of carbonyl (C=O) groups is 1. The van der Waals surface area contributed by atoms with Crippen LogP contribution in [0.5, 0.6) is 0 Å². The van der Waals surface area contributed by atoms with Crippen LogP contribution in [0.15, 0.2) is 0 Å². The Bertz CT molecular complexity index is 461. The number of nitrogen functional groups attached to an aromatic ring is 1. The van der Waals surface area contributed by atoms with E-state index in [0.717, 1.165) is 44.2 Å². The zero-order valence-electron chi connectivity index (χ0n) is 11.1. The second-order valence-corrected chi connectivity index (χ2v) is 6.24. The maximum Gasteiger partial charge on any atom is 0.267 e. The lowest BCUT2D eigenvalue weighted by Gasteiger charge is -2.25. The van der Waals surface area contributed by atoms with Gasteiger partial charge >= 0.3 is 0 Å². The predicted octanol–water partition coefficient (Wildman–Crippen LogP) is 1.95. The van der Waals surface area contributed by atoms with Crippen LogP contribution in [0.2, 0.25) is 0 Å². The molecule has 0 aliphatic carbocycles. The number of likely N-dealkylation sites (tertiary alicyclic amines) is 1. The van der Waals surface area contributed by atoms with E-state index in [-0.39, 0.29) is 5.91 Å². The molecule has 6 heteroatoms. The van der Waals surface area contributed by atoms with Crippen LogP contribution in [0.4, 0.5) is 10.9 Å². The zero-order chi connectivity index (χ0) is 13.2. The number of amides is 1. The Morgan fingerprint density at radius 3 is 2.37 bits per heavy atom. The summed E-state index contributed by atoms with van der Waals surface area (Å²) in [5.74, 6) is 0.471. The third kappa shape index (κ3) is 2.54. The molecule has 0 spiro atoms. The molecule has 2 fully saturated rings. The molecule has 2 N–H and O–H groups in total. The van der Waals surface area contributed by atoms with Gasteiger partial charge in [0.05, 0.1) is 0 Å². The first-order valence-electron chi connectivity index (χ1n) is 7.06. The van der Waals surface area contributed by atoms with Gasteiger partial charge in [-0.25, -0.2) is 4.98 Å². The molecule has 0 bridgehead atoms. The molecule has 104 valence electrons. The van der Waals surface area contributed by atoms with Crippen LogP contribution in [-0.4, -0.2) is 42.0 Å². The Hall–Kier alpha value is -1.30. The Morgan fingerprint density at radius 1 is 1.05 bits per heavy atom. The van der Waals surface area contributed by atoms with Crippen molar-refractivity contribution in [3.05, 3.63) is 4.88 Å².